The SMILES string of the molecule is CCCNC(=O)CCNc1nc(C2CC2)nc(NC)c1C. The summed E-state index contributed by atoms with van der Waals surface area (Å²) in [5.74, 6) is 3.19. The molecular weight excluding hydrogens is 266 g/mol. The van der Waals surface area contributed by atoms with Gasteiger partial charge in [0, 0.05) is 38.0 Å². The van der Waals surface area contributed by atoms with Gasteiger partial charge in [0.05, 0.1) is 0 Å². The van der Waals surface area contributed by atoms with Crippen LogP contribution in [0.2, 0.25) is 0 Å². The van der Waals surface area contributed by atoms with E-state index >= 15 is 0 Å². The molecule has 6 nitrogen and oxygen atoms in total. The van der Waals surface area contributed by atoms with Crippen molar-refractivity contribution >= 4 is 17.5 Å². The van der Waals surface area contributed by atoms with Gasteiger partial charge in [0.1, 0.15) is 17.5 Å². The molecule has 0 bridgehead atoms. The zero-order chi connectivity index (χ0) is 15.2. The van der Waals surface area contributed by atoms with E-state index < -0.39 is 0 Å². The number of aromatic nitrogens is 2. The summed E-state index contributed by atoms with van der Waals surface area (Å²) in [6.07, 6.45) is 3.76. The number of nitrogens with zero attached hydrogens (tertiary/aromatic N) is 2. The number of hydrogen-bond donors (Lipinski definition) is 3. The lowest BCUT2D eigenvalue weighted by molar-refractivity contribution is -0.120. The fourth-order valence-corrected chi connectivity index (χ4v) is 2.12. The van der Waals surface area contributed by atoms with Crippen LogP contribution in [0.15, 0.2) is 0 Å². The summed E-state index contributed by atoms with van der Waals surface area (Å²) in [6, 6.07) is 0. The van der Waals surface area contributed by atoms with E-state index in [2.05, 4.69) is 25.9 Å². The van der Waals surface area contributed by atoms with E-state index in [0.717, 1.165) is 36.0 Å². The molecule has 21 heavy (non-hydrogen) atoms. The van der Waals surface area contributed by atoms with E-state index in [9.17, 15) is 4.79 Å². The maximum atomic E-state index is 11.6. The lowest BCUT2D eigenvalue weighted by atomic mass is 10.2. The van der Waals surface area contributed by atoms with Crippen molar-refractivity contribution in [2.24, 2.45) is 0 Å². The molecule has 1 amide bonds. The Morgan fingerprint density at radius 3 is 2.57 bits per heavy atom. The first kappa shape index (κ1) is 15.5. The standard InChI is InChI=1S/C15H25N5O/c1-4-8-17-12(21)7-9-18-14-10(2)13(16-3)19-15(20-14)11-5-6-11/h11H,4-9H2,1-3H3,(H,17,21)(H2,16,18,19,20). The average molecular weight is 291 g/mol. The Labute approximate surface area is 126 Å². The quantitative estimate of drug-likeness (QED) is 0.683. The van der Waals surface area contributed by atoms with Crippen molar-refractivity contribution in [3.05, 3.63) is 11.4 Å². The molecule has 0 atom stereocenters. The van der Waals surface area contributed by atoms with Crippen LogP contribution in [0.5, 0.6) is 0 Å². The number of carbonyl (C=O) groups excluding carboxylic acids is 1. The van der Waals surface area contributed by atoms with E-state index in [1.54, 1.807) is 0 Å². The third-order valence-electron chi connectivity index (χ3n) is 3.56. The normalized spacial score (nSPS) is 13.9. The van der Waals surface area contributed by atoms with Gasteiger partial charge in [-0.3, -0.25) is 4.79 Å². The van der Waals surface area contributed by atoms with Gasteiger partial charge in [-0.2, -0.15) is 0 Å². The van der Waals surface area contributed by atoms with Crippen molar-refractivity contribution < 1.29 is 4.79 Å². The Bertz CT molecular complexity index is 499. The van der Waals surface area contributed by atoms with Gasteiger partial charge < -0.3 is 16.0 Å². The van der Waals surface area contributed by atoms with Gasteiger partial charge in [0.2, 0.25) is 5.91 Å². The van der Waals surface area contributed by atoms with Crippen LogP contribution < -0.4 is 16.0 Å². The van der Waals surface area contributed by atoms with Gasteiger partial charge in [-0.05, 0) is 26.2 Å². The summed E-state index contributed by atoms with van der Waals surface area (Å²) in [5.41, 5.74) is 0.996. The lowest BCUT2D eigenvalue weighted by Crippen LogP contribution is -2.26. The molecule has 0 aliphatic heterocycles. The van der Waals surface area contributed by atoms with Gasteiger partial charge in [-0.25, -0.2) is 9.97 Å². The van der Waals surface area contributed by atoms with E-state index in [1.807, 2.05) is 20.9 Å². The summed E-state index contributed by atoms with van der Waals surface area (Å²) >= 11 is 0. The molecule has 0 radical (unpaired) electrons. The van der Waals surface area contributed by atoms with Crippen molar-refractivity contribution in [2.75, 3.05) is 30.8 Å². The highest BCUT2D eigenvalue weighted by molar-refractivity contribution is 5.76. The second-order valence-corrected chi connectivity index (χ2v) is 5.46. The van der Waals surface area contributed by atoms with Crippen molar-refractivity contribution in [3.63, 3.8) is 0 Å². The predicted molar refractivity (Wildman–Crippen MR) is 84.7 cm³/mol. The number of carbonyl (C=O) groups is 1. The maximum Gasteiger partial charge on any atom is 0.221 e. The molecule has 2 rings (SSSR count). The Kier molecular flexibility index (Phi) is 5.36. The van der Waals surface area contributed by atoms with E-state index in [0.29, 0.717) is 18.9 Å². The second kappa shape index (κ2) is 7.24. The molecular formula is C15H25N5O. The van der Waals surface area contributed by atoms with Gasteiger partial charge in [-0.1, -0.05) is 6.92 Å². The van der Waals surface area contributed by atoms with Gasteiger partial charge in [-0.15, -0.1) is 0 Å². The predicted octanol–water partition coefficient (Wildman–Crippen LogP) is 2.03. The van der Waals surface area contributed by atoms with Crippen LogP contribution in [-0.4, -0.2) is 36.0 Å². The molecule has 0 saturated heterocycles. The Morgan fingerprint density at radius 1 is 1.24 bits per heavy atom. The number of nitrogens with one attached hydrogen (secondary N) is 3. The summed E-state index contributed by atoms with van der Waals surface area (Å²) in [6.45, 7) is 5.35. The summed E-state index contributed by atoms with van der Waals surface area (Å²) in [4.78, 5) is 20.8. The van der Waals surface area contributed by atoms with Crippen molar-refractivity contribution in [3.8, 4) is 0 Å². The van der Waals surface area contributed by atoms with Crippen molar-refractivity contribution in [1.82, 2.24) is 15.3 Å². The van der Waals surface area contributed by atoms with E-state index in [4.69, 9.17) is 0 Å². The number of rotatable bonds is 8. The highest BCUT2D eigenvalue weighted by Gasteiger charge is 2.28. The number of hydrogen-bond acceptors (Lipinski definition) is 5. The molecule has 1 fully saturated rings. The monoisotopic (exact) mass is 291 g/mol. The van der Waals surface area contributed by atoms with Crippen LogP contribution >= 0.6 is 0 Å². The summed E-state index contributed by atoms with van der Waals surface area (Å²) < 4.78 is 0. The fraction of sp³-hybridized carbons (Fsp3) is 0.667. The highest BCUT2D eigenvalue weighted by atomic mass is 16.1. The maximum absolute atomic E-state index is 11.6. The van der Waals surface area contributed by atoms with E-state index in [-0.39, 0.29) is 5.91 Å². The van der Waals surface area contributed by atoms with Crippen LogP contribution in [0, 0.1) is 6.92 Å². The average Bonchev–Trinajstić information content (AvgIpc) is 3.31. The molecule has 3 N–H and O–H groups in total. The number of amides is 1. The van der Waals surface area contributed by atoms with Crippen LogP contribution in [0.25, 0.3) is 0 Å². The Balaban J connectivity index is 1.95. The molecule has 0 unspecified atom stereocenters. The third-order valence-corrected chi connectivity index (χ3v) is 3.56. The van der Waals surface area contributed by atoms with Crippen molar-refractivity contribution in [1.29, 1.82) is 0 Å². The van der Waals surface area contributed by atoms with Crippen LogP contribution in [-0.2, 0) is 4.79 Å². The van der Waals surface area contributed by atoms with Crippen molar-refractivity contribution in [2.45, 2.75) is 45.4 Å². The van der Waals surface area contributed by atoms with E-state index in [1.165, 1.54) is 12.8 Å². The molecule has 1 saturated carbocycles. The second-order valence-electron chi connectivity index (χ2n) is 5.46. The van der Waals surface area contributed by atoms with Crippen LogP contribution in [0.1, 0.15) is 49.9 Å². The lowest BCUT2D eigenvalue weighted by Gasteiger charge is -2.13. The Morgan fingerprint density at radius 2 is 1.95 bits per heavy atom. The fourth-order valence-electron chi connectivity index (χ4n) is 2.12. The zero-order valence-corrected chi connectivity index (χ0v) is 13.1. The first-order chi connectivity index (χ1) is 10.2. The smallest absolute Gasteiger partial charge is 0.221 e. The molecule has 0 spiro atoms. The molecule has 116 valence electrons. The largest absolute Gasteiger partial charge is 0.373 e. The van der Waals surface area contributed by atoms with Crippen LogP contribution in [0.4, 0.5) is 11.6 Å². The molecule has 1 aromatic heterocycles. The molecule has 1 aliphatic rings. The highest BCUT2D eigenvalue weighted by Crippen LogP contribution is 2.39. The Hall–Kier alpha value is -1.85. The van der Waals surface area contributed by atoms with Crippen LogP contribution in [0.3, 0.4) is 0 Å². The molecule has 6 heteroatoms. The van der Waals surface area contributed by atoms with Gasteiger partial charge in [0.15, 0.2) is 0 Å². The summed E-state index contributed by atoms with van der Waals surface area (Å²) in [7, 11) is 1.87. The minimum absolute atomic E-state index is 0.0762. The first-order valence-corrected chi connectivity index (χ1v) is 7.72. The van der Waals surface area contributed by atoms with Gasteiger partial charge >= 0.3 is 0 Å². The van der Waals surface area contributed by atoms with Gasteiger partial charge in [0.25, 0.3) is 0 Å². The third kappa shape index (κ3) is 4.31. The first-order valence-electron chi connectivity index (χ1n) is 7.72. The molecule has 0 aromatic carbocycles. The summed E-state index contributed by atoms with van der Waals surface area (Å²) in [5, 5.41) is 9.25. The number of anilines is 2. The minimum Gasteiger partial charge on any atom is -0.373 e. The molecule has 1 heterocycles. The molecule has 1 aromatic rings. The minimum atomic E-state index is 0.0762. The molecule has 1 aliphatic carbocycles. The zero-order valence-electron chi connectivity index (χ0n) is 13.1. The topological polar surface area (TPSA) is 78.9 Å².